The van der Waals surface area contributed by atoms with Crippen molar-refractivity contribution in [3.8, 4) is 11.5 Å². The van der Waals surface area contributed by atoms with Gasteiger partial charge in [-0.05, 0) is 36.8 Å². The van der Waals surface area contributed by atoms with Gasteiger partial charge in [0.1, 0.15) is 11.5 Å². The van der Waals surface area contributed by atoms with Crippen LogP contribution >= 0.6 is 15.9 Å². The van der Waals surface area contributed by atoms with Crippen LogP contribution in [0.1, 0.15) is 56.5 Å². The van der Waals surface area contributed by atoms with Gasteiger partial charge in [0.25, 0.3) is 0 Å². The Balaban J connectivity index is 2.82. The van der Waals surface area contributed by atoms with Crippen molar-refractivity contribution in [3.05, 3.63) is 23.3 Å². The molecule has 0 bridgehead atoms. The summed E-state index contributed by atoms with van der Waals surface area (Å²) >= 11 is 3.44. The number of hydrogen-bond donors (Lipinski definition) is 1. The lowest BCUT2D eigenvalue weighted by Gasteiger charge is -2.18. The Bertz CT molecular complexity index is 518. The average Bonchev–Trinajstić information content (AvgIpc) is 2.41. The lowest BCUT2D eigenvalue weighted by molar-refractivity contribution is 0.0937. The van der Waals surface area contributed by atoms with E-state index in [9.17, 15) is 9.90 Å². The van der Waals surface area contributed by atoms with Gasteiger partial charge >= 0.3 is 0 Å². The summed E-state index contributed by atoms with van der Waals surface area (Å²) in [6, 6.07) is 3.45. The van der Waals surface area contributed by atoms with Crippen molar-refractivity contribution in [2.75, 3.05) is 11.9 Å². The second kappa shape index (κ2) is 8.00. The number of ketones is 1. The van der Waals surface area contributed by atoms with E-state index in [0.717, 1.165) is 11.8 Å². The molecule has 1 N–H and O–H groups in total. The molecular weight excluding hydrogens is 344 g/mol. The van der Waals surface area contributed by atoms with Gasteiger partial charge in [-0.25, -0.2) is 0 Å². The Hall–Kier alpha value is -1.03. The van der Waals surface area contributed by atoms with Gasteiger partial charge in [-0.3, -0.25) is 4.79 Å². The molecule has 0 saturated carbocycles. The number of aromatic hydroxyl groups is 1. The van der Waals surface area contributed by atoms with Crippen LogP contribution in [0.3, 0.4) is 0 Å². The van der Waals surface area contributed by atoms with Crippen LogP contribution in [0.15, 0.2) is 12.1 Å². The molecule has 3 nitrogen and oxygen atoms in total. The van der Waals surface area contributed by atoms with Gasteiger partial charge in [-0.15, -0.1) is 0 Å². The lowest BCUT2D eigenvalue weighted by atomic mass is 9.87. The molecule has 0 radical (unpaired) electrons. The number of ether oxygens (including phenoxy) is 1. The van der Waals surface area contributed by atoms with E-state index in [1.165, 1.54) is 0 Å². The lowest BCUT2D eigenvalue weighted by Crippen LogP contribution is -2.13. The zero-order chi connectivity index (χ0) is 16.9. The maximum Gasteiger partial charge on any atom is 0.167 e. The molecule has 1 unspecified atom stereocenters. The Morgan fingerprint density at radius 2 is 2.00 bits per heavy atom. The third kappa shape index (κ3) is 5.64. The Morgan fingerprint density at radius 1 is 1.36 bits per heavy atom. The first kappa shape index (κ1) is 19.0. The van der Waals surface area contributed by atoms with Crippen LogP contribution in [0.4, 0.5) is 0 Å². The van der Waals surface area contributed by atoms with Gasteiger partial charge < -0.3 is 9.84 Å². The van der Waals surface area contributed by atoms with Crippen molar-refractivity contribution in [1.82, 2.24) is 0 Å². The molecule has 0 amide bonds. The SMILES string of the molecule is Cc1c(OCCC(C)CBr)ccc(C(=O)CC(C)(C)C)c1O. The molecule has 0 aliphatic rings. The van der Waals surface area contributed by atoms with Gasteiger partial charge in [-0.1, -0.05) is 43.6 Å². The van der Waals surface area contributed by atoms with Crippen molar-refractivity contribution >= 4 is 21.7 Å². The molecule has 0 heterocycles. The summed E-state index contributed by atoms with van der Waals surface area (Å²) in [5, 5.41) is 11.2. The van der Waals surface area contributed by atoms with E-state index in [4.69, 9.17) is 4.74 Å². The summed E-state index contributed by atoms with van der Waals surface area (Å²) < 4.78 is 5.73. The summed E-state index contributed by atoms with van der Waals surface area (Å²) in [7, 11) is 0. The number of hydrogen-bond acceptors (Lipinski definition) is 3. The summed E-state index contributed by atoms with van der Waals surface area (Å²) in [4.78, 5) is 12.3. The van der Waals surface area contributed by atoms with E-state index in [1.54, 1.807) is 19.1 Å². The molecule has 124 valence electrons. The van der Waals surface area contributed by atoms with Crippen LogP contribution in [0, 0.1) is 18.3 Å². The monoisotopic (exact) mass is 370 g/mol. The predicted octanol–water partition coefficient (Wildman–Crippen LogP) is 5.12. The summed E-state index contributed by atoms with van der Waals surface area (Å²) in [6.45, 7) is 10.6. The number of phenolic OH excluding ortho intramolecular Hbond substituents is 1. The van der Waals surface area contributed by atoms with Crippen LogP contribution in [0.25, 0.3) is 0 Å². The highest BCUT2D eigenvalue weighted by Gasteiger charge is 2.21. The highest BCUT2D eigenvalue weighted by molar-refractivity contribution is 9.09. The Kier molecular flexibility index (Phi) is 6.92. The number of benzene rings is 1. The molecule has 0 spiro atoms. The smallest absolute Gasteiger partial charge is 0.167 e. The van der Waals surface area contributed by atoms with E-state index in [2.05, 4.69) is 22.9 Å². The van der Waals surface area contributed by atoms with Crippen molar-refractivity contribution in [3.63, 3.8) is 0 Å². The minimum Gasteiger partial charge on any atom is -0.507 e. The summed E-state index contributed by atoms with van der Waals surface area (Å²) in [5.74, 6) is 1.20. The zero-order valence-electron chi connectivity index (χ0n) is 14.2. The number of phenols is 1. The molecule has 0 aliphatic heterocycles. The topological polar surface area (TPSA) is 46.5 Å². The van der Waals surface area contributed by atoms with Gasteiger partial charge in [0.2, 0.25) is 0 Å². The molecule has 0 aromatic heterocycles. The van der Waals surface area contributed by atoms with E-state index in [0.29, 0.717) is 35.8 Å². The fourth-order valence-corrected chi connectivity index (χ4v) is 2.41. The highest BCUT2D eigenvalue weighted by Crippen LogP contribution is 2.33. The molecule has 1 aromatic carbocycles. The largest absolute Gasteiger partial charge is 0.507 e. The highest BCUT2D eigenvalue weighted by atomic mass is 79.9. The molecule has 0 fully saturated rings. The fraction of sp³-hybridized carbons (Fsp3) is 0.611. The molecule has 1 atom stereocenters. The minimum atomic E-state index is -0.0988. The summed E-state index contributed by atoms with van der Waals surface area (Å²) in [6.07, 6.45) is 1.35. The molecular formula is C18H27BrO3. The minimum absolute atomic E-state index is 0.0347. The van der Waals surface area contributed by atoms with Gasteiger partial charge in [0.05, 0.1) is 12.2 Å². The first-order chi connectivity index (χ1) is 10.2. The third-order valence-corrected chi connectivity index (χ3v) is 4.61. The van der Waals surface area contributed by atoms with Crippen molar-refractivity contribution in [1.29, 1.82) is 0 Å². The number of alkyl halides is 1. The van der Waals surface area contributed by atoms with Crippen LogP contribution < -0.4 is 4.74 Å². The normalized spacial score (nSPS) is 13.0. The Morgan fingerprint density at radius 3 is 2.55 bits per heavy atom. The van der Waals surface area contributed by atoms with Gasteiger partial charge in [0.15, 0.2) is 5.78 Å². The summed E-state index contributed by atoms with van der Waals surface area (Å²) in [5.41, 5.74) is 0.915. The van der Waals surface area contributed by atoms with Crippen molar-refractivity contribution < 1.29 is 14.6 Å². The number of halogens is 1. The molecule has 0 saturated heterocycles. The maximum atomic E-state index is 12.3. The van der Waals surface area contributed by atoms with Crippen LogP contribution in [0.5, 0.6) is 11.5 Å². The predicted molar refractivity (Wildman–Crippen MR) is 94.3 cm³/mol. The van der Waals surface area contributed by atoms with Gasteiger partial charge in [-0.2, -0.15) is 0 Å². The molecule has 1 rings (SSSR count). The first-order valence-electron chi connectivity index (χ1n) is 7.70. The average molecular weight is 371 g/mol. The number of Topliss-reactive ketones (excluding diaryl/α,β-unsaturated/α-hetero) is 1. The quantitative estimate of drug-likeness (QED) is 0.535. The third-order valence-electron chi connectivity index (χ3n) is 3.50. The van der Waals surface area contributed by atoms with E-state index in [1.807, 2.05) is 20.8 Å². The van der Waals surface area contributed by atoms with E-state index >= 15 is 0 Å². The van der Waals surface area contributed by atoms with E-state index in [-0.39, 0.29) is 16.9 Å². The van der Waals surface area contributed by atoms with Gasteiger partial charge in [0, 0.05) is 17.3 Å². The van der Waals surface area contributed by atoms with Crippen molar-refractivity contribution in [2.45, 2.75) is 47.5 Å². The number of carbonyl (C=O) groups excluding carboxylic acids is 1. The first-order valence-corrected chi connectivity index (χ1v) is 8.82. The van der Waals surface area contributed by atoms with Crippen molar-refractivity contribution in [2.24, 2.45) is 11.3 Å². The van der Waals surface area contributed by atoms with Crippen LogP contribution in [-0.2, 0) is 0 Å². The molecule has 4 heteroatoms. The molecule has 1 aromatic rings. The maximum absolute atomic E-state index is 12.3. The zero-order valence-corrected chi connectivity index (χ0v) is 15.8. The van der Waals surface area contributed by atoms with E-state index < -0.39 is 0 Å². The second-order valence-corrected chi connectivity index (χ2v) is 7.79. The van der Waals surface area contributed by atoms with Crippen LogP contribution in [0.2, 0.25) is 0 Å². The second-order valence-electron chi connectivity index (χ2n) is 7.14. The molecule has 0 aliphatic carbocycles. The number of carbonyl (C=O) groups is 1. The number of rotatable bonds is 7. The van der Waals surface area contributed by atoms with Crippen LogP contribution in [-0.4, -0.2) is 22.8 Å². The Labute approximate surface area is 142 Å². The fourth-order valence-electron chi connectivity index (χ4n) is 2.09. The standard InChI is InChI=1S/C18H27BrO3/c1-12(11-19)8-9-22-16-7-6-14(17(21)13(16)2)15(20)10-18(3,4)5/h6-7,12,21H,8-11H2,1-5H3. The molecule has 22 heavy (non-hydrogen) atoms.